The summed E-state index contributed by atoms with van der Waals surface area (Å²) in [6.07, 6.45) is 6.01. The van der Waals surface area contributed by atoms with Gasteiger partial charge in [-0.15, -0.1) is 0 Å². The minimum absolute atomic E-state index is 0.368. The minimum atomic E-state index is -0.627. The fourth-order valence-corrected chi connectivity index (χ4v) is 3.22. The molecule has 0 aromatic carbocycles. The number of methoxy groups -OCH3 is 1. The molecule has 0 bridgehead atoms. The summed E-state index contributed by atoms with van der Waals surface area (Å²) in [5.41, 5.74) is 8.58. The lowest BCUT2D eigenvalue weighted by Crippen LogP contribution is -2.51. The summed E-state index contributed by atoms with van der Waals surface area (Å²) in [4.78, 5) is 10.8. The summed E-state index contributed by atoms with van der Waals surface area (Å²) in [6.45, 7) is 2.03. The van der Waals surface area contributed by atoms with Crippen molar-refractivity contribution in [3.8, 4) is 5.88 Å². The van der Waals surface area contributed by atoms with Crippen molar-refractivity contribution in [2.24, 2.45) is 10.7 Å². The summed E-state index contributed by atoms with van der Waals surface area (Å²) < 4.78 is 5.21. The van der Waals surface area contributed by atoms with E-state index < -0.39 is 11.8 Å². The number of allylic oxidation sites excluding steroid dienone is 3. The molecule has 128 valence electrons. The van der Waals surface area contributed by atoms with Gasteiger partial charge in [-0.2, -0.15) is 0 Å². The lowest BCUT2D eigenvalue weighted by molar-refractivity contribution is 0.0354. The maximum absolute atomic E-state index is 10.3. The molecule has 2 heterocycles. The molecule has 0 fully saturated rings. The van der Waals surface area contributed by atoms with Crippen molar-refractivity contribution in [2.75, 3.05) is 14.2 Å². The van der Waals surface area contributed by atoms with E-state index in [4.69, 9.17) is 10.5 Å². The van der Waals surface area contributed by atoms with Crippen LogP contribution in [0.15, 0.2) is 40.9 Å². The second-order valence-corrected chi connectivity index (χ2v) is 6.47. The van der Waals surface area contributed by atoms with Crippen LogP contribution in [0.3, 0.4) is 0 Å². The average molecular weight is 328 g/mol. The number of ether oxygens (including phenoxy) is 1. The van der Waals surface area contributed by atoms with E-state index in [1.807, 2.05) is 25.1 Å². The maximum Gasteiger partial charge on any atom is 0.213 e. The van der Waals surface area contributed by atoms with Crippen molar-refractivity contribution in [2.45, 2.75) is 38.0 Å². The zero-order valence-corrected chi connectivity index (χ0v) is 14.4. The van der Waals surface area contributed by atoms with E-state index in [0.29, 0.717) is 18.3 Å². The van der Waals surface area contributed by atoms with Crippen molar-refractivity contribution in [1.82, 2.24) is 9.88 Å². The SMILES string of the molecule is COc1cccc(C2=CCCC([C@]3(C)CC(O)N(C)C(N)=N3)=C2)n1. The average Bonchev–Trinajstić information content (AvgIpc) is 2.60. The number of aliphatic hydroxyl groups is 1. The fourth-order valence-electron chi connectivity index (χ4n) is 3.22. The highest BCUT2D eigenvalue weighted by molar-refractivity contribution is 5.80. The first-order valence-corrected chi connectivity index (χ1v) is 8.12. The third-order valence-corrected chi connectivity index (χ3v) is 4.78. The predicted molar refractivity (Wildman–Crippen MR) is 94.5 cm³/mol. The topological polar surface area (TPSA) is 84.0 Å². The number of guanidine groups is 1. The van der Waals surface area contributed by atoms with Crippen LogP contribution < -0.4 is 10.5 Å². The monoisotopic (exact) mass is 328 g/mol. The number of rotatable bonds is 3. The second-order valence-electron chi connectivity index (χ2n) is 6.47. The molecular formula is C18H24N4O2. The molecule has 1 aromatic heterocycles. The van der Waals surface area contributed by atoms with Gasteiger partial charge < -0.3 is 20.5 Å². The highest BCUT2D eigenvalue weighted by Gasteiger charge is 2.37. The molecule has 2 aliphatic rings. The van der Waals surface area contributed by atoms with Gasteiger partial charge in [-0.1, -0.05) is 18.2 Å². The first-order chi connectivity index (χ1) is 11.4. The Bertz CT molecular complexity index is 725. The standard InChI is InChI=1S/C18H24N4O2/c1-18(11-16(23)22(2)17(19)21-18)13-7-4-6-12(10-13)14-8-5-9-15(20-14)24-3/h5-6,8-10,16,23H,4,7,11H2,1-3H3,(H2,19,21)/t16?,18-/m0/s1. The Morgan fingerprint density at radius 3 is 2.92 bits per heavy atom. The molecule has 1 aliphatic carbocycles. The molecule has 1 unspecified atom stereocenters. The van der Waals surface area contributed by atoms with Gasteiger partial charge in [0.1, 0.15) is 6.23 Å². The third-order valence-electron chi connectivity index (χ3n) is 4.78. The molecule has 3 rings (SSSR count). The smallest absolute Gasteiger partial charge is 0.213 e. The van der Waals surface area contributed by atoms with Gasteiger partial charge in [0.15, 0.2) is 5.96 Å². The molecule has 0 saturated carbocycles. The fraction of sp³-hybridized carbons (Fsp3) is 0.444. The Balaban J connectivity index is 1.94. The van der Waals surface area contributed by atoms with Crippen LogP contribution in [0.2, 0.25) is 0 Å². The minimum Gasteiger partial charge on any atom is -0.481 e. The van der Waals surface area contributed by atoms with E-state index in [1.165, 1.54) is 5.57 Å². The van der Waals surface area contributed by atoms with Crippen molar-refractivity contribution in [3.05, 3.63) is 41.6 Å². The number of pyridine rings is 1. The van der Waals surface area contributed by atoms with Gasteiger partial charge in [0.2, 0.25) is 5.88 Å². The number of hydrogen-bond acceptors (Lipinski definition) is 6. The van der Waals surface area contributed by atoms with E-state index in [0.717, 1.165) is 24.1 Å². The summed E-state index contributed by atoms with van der Waals surface area (Å²) in [5.74, 6) is 0.963. The van der Waals surface area contributed by atoms with E-state index >= 15 is 0 Å². The Labute approximate surface area is 142 Å². The number of nitrogens with zero attached hydrogens (tertiary/aromatic N) is 3. The van der Waals surface area contributed by atoms with Gasteiger partial charge in [0.25, 0.3) is 0 Å². The van der Waals surface area contributed by atoms with Crippen LogP contribution >= 0.6 is 0 Å². The molecule has 6 heteroatoms. The van der Waals surface area contributed by atoms with Gasteiger partial charge in [0.05, 0.1) is 18.3 Å². The van der Waals surface area contributed by atoms with Crippen LogP contribution in [0.4, 0.5) is 0 Å². The zero-order valence-electron chi connectivity index (χ0n) is 14.4. The second kappa shape index (κ2) is 6.28. The van der Waals surface area contributed by atoms with Gasteiger partial charge in [-0.25, -0.2) is 9.98 Å². The van der Waals surface area contributed by atoms with Gasteiger partial charge in [-0.3, -0.25) is 0 Å². The van der Waals surface area contributed by atoms with Crippen LogP contribution in [0.5, 0.6) is 5.88 Å². The molecule has 3 N–H and O–H groups in total. The number of aromatic nitrogens is 1. The first kappa shape index (κ1) is 16.5. The Kier molecular flexibility index (Phi) is 4.32. The van der Waals surface area contributed by atoms with E-state index in [1.54, 1.807) is 19.1 Å². The van der Waals surface area contributed by atoms with Gasteiger partial charge >= 0.3 is 0 Å². The van der Waals surface area contributed by atoms with E-state index in [-0.39, 0.29) is 0 Å². The number of aliphatic hydroxyl groups excluding tert-OH is 1. The molecule has 0 amide bonds. The van der Waals surface area contributed by atoms with Crippen LogP contribution in [0.1, 0.15) is 31.9 Å². The van der Waals surface area contributed by atoms with Crippen molar-refractivity contribution >= 4 is 11.5 Å². The van der Waals surface area contributed by atoms with Crippen LogP contribution in [-0.4, -0.2) is 46.9 Å². The van der Waals surface area contributed by atoms with Crippen molar-refractivity contribution in [1.29, 1.82) is 0 Å². The summed E-state index contributed by atoms with van der Waals surface area (Å²) in [5, 5.41) is 10.3. The Morgan fingerprint density at radius 2 is 2.21 bits per heavy atom. The largest absolute Gasteiger partial charge is 0.481 e. The normalized spacial score (nSPS) is 27.2. The highest BCUT2D eigenvalue weighted by atomic mass is 16.5. The van der Waals surface area contributed by atoms with E-state index in [9.17, 15) is 5.11 Å². The molecule has 6 nitrogen and oxygen atoms in total. The number of hydrogen-bond donors (Lipinski definition) is 2. The highest BCUT2D eigenvalue weighted by Crippen LogP contribution is 2.38. The summed E-state index contributed by atoms with van der Waals surface area (Å²) in [6, 6.07) is 5.73. The quantitative estimate of drug-likeness (QED) is 0.885. The molecular weight excluding hydrogens is 304 g/mol. The molecule has 1 aromatic rings. The number of aliphatic imine (C=N–C) groups is 1. The van der Waals surface area contributed by atoms with Crippen molar-refractivity contribution in [3.63, 3.8) is 0 Å². The Morgan fingerprint density at radius 1 is 1.42 bits per heavy atom. The summed E-state index contributed by atoms with van der Waals surface area (Å²) >= 11 is 0. The van der Waals surface area contributed by atoms with Crippen LogP contribution in [-0.2, 0) is 0 Å². The molecule has 0 spiro atoms. The molecule has 2 atom stereocenters. The maximum atomic E-state index is 10.3. The Hall–Kier alpha value is -2.34. The first-order valence-electron chi connectivity index (χ1n) is 8.12. The van der Waals surface area contributed by atoms with Gasteiger partial charge in [0, 0.05) is 19.5 Å². The van der Waals surface area contributed by atoms with Gasteiger partial charge in [-0.05, 0) is 37.0 Å². The van der Waals surface area contributed by atoms with Crippen LogP contribution in [0.25, 0.3) is 5.57 Å². The molecule has 0 radical (unpaired) electrons. The lowest BCUT2D eigenvalue weighted by Gasteiger charge is -2.40. The molecule has 0 saturated heterocycles. The third kappa shape index (κ3) is 3.01. The summed E-state index contributed by atoms with van der Waals surface area (Å²) in [7, 11) is 3.37. The molecule has 1 aliphatic heterocycles. The zero-order chi connectivity index (χ0) is 17.3. The van der Waals surface area contributed by atoms with E-state index in [2.05, 4.69) is 22.1 Å². The lowest BCUT2D eigenvalue weighted by atomic mass is 9.80. The number of nitrogens with two attached hydrogens (primary N) is 1. The predicted octanol–water partition coefficient (Wildman–Crippen LogP) is 1.92. The van der Waals surface area contributed by atoms with Crippen molar-refractivity contribution < 1.29 is 9.84 Å². The molecule has 24 heavy (non-hydrogen) atoms. The van der Waals surface area contributed by atoms with Crippen LogP contribution in [0, 0.1) is 0 Å².